The summed E-state index contributed by atoms with van der Waals surface area (Å²) >= 11 is 0. The van der Waals surface area contributed by atoms with Crippen LogP contribution in [0.2, 0.25) is 0 Å². The molecule has 0 bridgehead atoms. The van der Waals surface area contributed by atoms with Crippen molar-refractivity contribution in [2.45, 2.75) is 6.92 Å². The van der Waals surface area contributed by atoms with E-state index in [-0.39, 0.29) is 6.61 Å². The van der Waals surface area contributed by atoms with Crippen LogP contribution in [0.25, 0.3) is 5.65 Å². The van der Waals surface area contributed by atoms with Crippen LogP contribution in [-0.4, -0.2) is 21.9 Å². The lowest BCUT2D eigenvalue weighted by molar-refractivity contribution is -0.118. The van der Waals surface area contributed by atoms with Gasteiger partial charge in [-0.3, -0.25) is 4.79 Å². The lowest BCUT2D eigenvalue weighted by atomic mass is 10.3. The first-order valence-electron chi connectivity index (χ1n) is 6.85. The molecule has 2 heterocycles. The van der Waals surface area contributed by atoms with Crippen LogP contribution in [0.5, 0.6) is 5.75 Å². The smallest absolute Gasteiger partial charge is 0.262 e. The molecule has 5 nitrogen and oxygen atoms in total. The number of anilines is 1. The number of benzene rings is 1. The number of carbonyl (C=O) groups is 1. The number of carbonyl (C=O) groups excluding carboxylic acids is 1. The number of aryl methyl sites for hydroxylation is 1. The zero-order valence-corrected chi connectivity index (χ0v) is 12.2. The molecule has 1 aromatic carbocycles. The Morgan fingerprint density at radius 2 is 2.00 bits per heavy atom. The summed E-state index contributed by atoms with van der Waals surface area (Å²) in [5.74, 6) is -1.95. The molecule has 1 amide bonds. The number of para-hydroxylation sites is 1. The molecule has 0 fully saturated rings. The van der Waals surface area contributed by atoms with Crippen LogP contribution in [0.15, 0.2) is 42.7 Å². The number of hydrogen-bond donors (Lipinski definition) is 1. The molecule has 0 unspecified atom stereocenters. The number of nitrogens with zero attached hydrogens (tertiary/aromatic N) is 2. The van der Waals surface area contributed by atoms with E-state index in [1.807, 2.05) is 13.1 Å². The fourth-order valence-corrected chi connectivity index (χ4v) is 2.16. The van der Waals surface area contributed by atoms with E-state index in [0.717, 1.165) is 17.8 Å². The molecule has 0 aliphatic heterocycles. The molecular formula is C16H13F2N3O2. The fraction of sp³-hybridized carbons (Fsp3) is 0.125. The van der Waals surface area contributed by atoms with Crippen LogP contribution in [0, 0.1) is 18.6 Å². The molecule has 2 aromatic heterocycles. The molecule has 0 spiro atoms. The summed E-state index contributed by atoms with van der Waals surface area (Å²) in [5, 5.41) is 2.16. The van der Waals surface area contributed by atoms with Gasteiger partial charge in [0.1, 0.15) is 17.3 Å². The zero-order chi connectivity index (χ0) is 16.4. The van der Waals surface area contributed by atoms with E-state index in [1.165, 1.54) is 6.07 Å². The van der Waals surface area contributed by atoms with Crippen molar-refractivity contribution in [3.05, 3.63) is 60.1 Å². The largest absolute Gasteiger partial charge is 0.480 e. The summed E-state index contributed by atoms with van der Waals surface area (Å²) in [5.41, 5.74) is 0.879. The Kier molecular flexibility index (Phi) is 3.92. The van der Waals surface area contributed by atoms with Gasteiger partial charge in [-0.2, -0.15) is 0 Å². The Morgan fingerprint density at radius 3 is 2.74 bits per heavy atom. The minimum absolute atomic E-state index is 0.390. The van der Waals surface area contributed by atoms with Crippen molar-refractivity contribution >= 4 is 17.2 Å². The van der Waals surface area contributed by atoms with Gasteiger partial charge < -0.3 is 14.5 Å². The van der Waals surface area contributed by atoms with E-state index in [2.05, 4.69) is 10.3 Å². The van der Waals surface area contributed by atoms with Crippen molar-refractivity contribution in [3.63, 3.8) is 0 Å². The van der Waals surface area contributed by atoms with Crippen molar-refractivity contribution in [1.82, 2.24) is 9.38 Å². The average Bonchev–Trinajstić information content (AvgIpc) is 2.89. The molecule has 1 N–H and O–H groups in total. The van der Waals surface area contributed by atoms with Gasteiger partial charge in [0.15, 0.2) is 18.0 Å². The maximum absolute atomic E-state index is 13.5. The summed E-state index contributed by atoms with van der Waals surface area (Å²) in [7, 11) is 0. The molecule has 3 aromatic rings. The topological polar surface area (TPSA) is 55.6 Å². The van der Waals surface area contributed by atoms with Crippen LogP contribution in [0.1, 0.15) is 5.69 Å². The quantitative estimate of drug-likeness (QED) is 0.805. The standard InChI is InChI=1S/C16H13F2N3O2/c1-10-8-21-7-3-6-13(16(21)19-10)23-9-14(22)20-15-11(17)4-2-5-12(15)18/h2-8H,9H2,1H3,(H,20,22). The van der Waals surface area contributed by atoms with Crippen LogP contribution in [0.4, 0.5) is 14.5 Å². The lowest BCUT2D eigenvalue weighted by Crippen LogP contribution is -2.21. The van der Waals surface area contributed by atoms with Gasteiger partial charge in [-0.15, -0.1) is 0 Å². The molecule has 7 heteroatoms. The number of rotatable bonds is 4. The Bertz CT molecular complexity index is 857. The van der Waals surface area contributed by atoms with Crippen molar-refractivity contribution in [3.8, 4) is 5.75 Å². The second-order valence-electron chi connectivity index (χ2n) is 4.92. The molecule has 118 valence electrons. The molecule has 0 aliphatic rings. The first-order chi connectivity index (χ1) is 11.0. The van der Waals surface area contributed by atoms with E-state index in [0.29, 0.717) is 11.4 Å². The zero-order valence-electron chi connectivity index (χ0n) is 12.2. The third-order valence-electron chi connectivity index (χ3n) is 3.15. The fourth-order valence-electron chi connectivity index (χ4n) is 2.16. The van der Waals surface area contributed by atoms with E-state index >= 15 is 0 Å². The second-order valence-corrected chi connectivity index (χ2v) is 4.92. The Hall–Kier alpha value is -2.96. The molecule has 0 radical (unpaired) electrons. The molecule has 0 atom stereocenters. The van der Waals surface area contributed by atoms with E-state index in [1.54, 1.807) is 22.7 Å². The first-order valence-corrected chi connectivity index (χ1v) is 6.85. The number of halogens is 2. The number of hydrogen-bond acceptors (Lipinski definition) is 3. The average molecular weight is 317 g/mol. The summed E-state index contributed by atoms with van der Waals surface area (Å²) in [4.78, 5) is 16.1. The minimum Gasteiger partial charge on any atom is -0.480 e. The Morgan fingerprint density at radius 1 is 1.26 bits per heavy atom. The summed E-state index contributed by atoms with van der Waals surface area (Å²) in [6, 6.07) is 6.76. The van der Waals surface area contributed by atoms with Gasteiger partial charge in [-0.25, -0.2) is 13.8 Å². The van der Waals surface area contributed by atoms with Crippen LogP contribution >= 0.6 is 0 Å². The molecule has 23 heavy (non-hydrogen) atoms. The highest BCUT2D eigenvalue weighted by Gasteiger charge is 2.13. The van der Waals surface area contributed by atoms with Crippen LogP contribution in [-0.2, 0) is 4.79 Å². The maximum atomic E-state index is 13.5. The summed E-state index contributed by atoms with van der Waals surface area (Å²) < 4.78 is 34.1. The van der Waals surface area contributed by atoms with Gasteiger partial charge in [0.2, 0.25) is 0 Å². The predicted molar refractivity (Wildman–Crippen MR) is 80.4 cm³/mol. The third kappa shape index (κ3) is 3.13. The maximum Gasteiger partial charge on any atom is 0.262 e. The third-order valence-corrected chi connectivity index (χ3v) is 3.15. The number of aromatic nitrogens is 2. The Balaban J connectivity index is 1.71. The van der Waals surface area contributed by atoms with Gasteiger partial charge in [0.25, 0.3) is 5.91 Å². The van der Waals surface area contributed by atoms with Gasteiger partial charge >= 0.3 is 0 Å². The van der Waals surface area contributed by atoms with Crippen LogP contribution in [0.3, 0.4) is 0 Å². The number of nitrogens with one attached hydrogen (secondary N) is 1. The number of ether oxygens (including phenoxy) is 1. The van der Waals surface area contributed by atoms with E-state index in [4.69, 9.17) is 4.74 Å². The highest BCUT2D eigenvalue weighted by atomic mass is 19.1. The van der Waals surface area contributed by atoms with Gasteiger partial charge in [0.05, 0.1) is 5.69 Å². The van der Waals surface area contributed by atoms with E-state index < -0.39 is 23.2 Å². The van der Waals surface area contributed by atoms with Crippen molar-refractivity contribution < 1.29 is 18.3 Å². The number of imidazole rings is 1. The van der Waals surface area contributed by atoms with Crippen LogP contribution < -0.4 is 10.1 Å². The predicted octanol–water partition coefficient (Wildman–Crippen LogP) is 2.94. The number of amides is 1. The van der Waals surface area contributed by atoms with Crippen molar-refractivity contribution in [2.75, 3.05) is 11.9 Å². The first kappa shape index (κ1) is 15.0. The van der Waals surface area contributed by atoms with Crippen molar-refractivity contribution in [1.29, 1.82) is 0 Å². The lowest BCUT2D eigenvalue weighted by Gasteiger charge is -2.09. The van der Waals surface area contributed by atoms with Gasteiger partial charge in [0, 0.05) is 12.4 Å². The molecule has 0 saturated carbocycles. The SMILES string of the molecule is Cc1cn2cccc(OCC(=O)Nc3c(F)cccc3F)c2n1. The molecule has 0 saturated heterocycles. The van der Waals surface area contributed by atoms with E-state index in [9.17, 15) is 13.6 Å². The molecular weight excluding hydrogens is 304 g/mol. The minimum atomic E-state index is -0.843. The number of fused-ring (bicyclic) bond motifs is 1. The highest BCUT2D eigenvalue weighted by Crippen LogP contribution is 2.20. The van der Waals surface area contributed by atoms with Gasteiger partial charge in [-0.1, -0.05) is 6.07 Å². The normalized spacial score (nSPS) is 10.7. The monoisotopic (exact) mass is 317 g/mol. The summed E-state index contributed by atoms with van der Waals surface area (Å²) in [6.45, 7) is 1.45. The van der Waals surface area contributed by atoms with Gasteiger partial charge in [-0.05, 0) is 31.2 Å². The Labute approximate surface area is 130 Å². The second kappa shape index (κ2) is 6.04. The molecule has 3 rings (SSSR count). The molecule has 0 aliphatic carbocycles. The number of pyridine rings is 1. The summed E-state index contributed by atoms with van der Waals surface area (Å²) in [6.07, 6.45) is 3.62. The van der Waals surface area contributed by atoms with Crippen molar-refractivity contribution in [2.24, 2.45) is 0 Å². The highest BCUT2D eigenvalue weighted by molar-refractivity contribution is 5.92.